The zero-order valence-corrected chi connectivity index (χ0v) is 26.8. The molecule has 0 spiro atoms. The van der Waals surface area contributed by atoms with E-state index >= 15 is 4.39 Å². The maximum atomic E-state index is 15.9. The number of anilines is 1. The van der Waals surface area contributed by atoms with Crippen LogP contribution in [0.15, 0.2) is 57.2 Å². The molecule has 3 aromatic heterocycles. The number of hydrogen-bond donors (Lipinski definition) is 1. The van der Waals surface area contributed by atoms with Gasteiger partial charge >= 0.3 is 5.97 Å². The molecule has 1 atom stereocenters. The number of carbonyl (C=O) groups is 1. The van der Waals surface area contributed by atoms with Gasteiger partial charge in [-0.1, -0.05) is 11.6 Å². The van der Waals surface area contributed by atoms with Gasteiger partial charge in [-0.15, -0.1) is 0 Å². The van der Waals surface area contributed by atoms with Crippen LogP contribution in [-0.4, -0.2) is 87.3 Å². The van der Waals surface area contributed by atoms with Crippen LogP contribution >= 0.6 is 32.3 Å². The first-order valence-electron chi connectivity index (χ1n) is 13.9. The van der Waals surface area contributed by atoms with Gasteiger partial charge in [0.1, 0.15) is 26.7 Å². The van der Waals surface area contributed by atoms with Gasteiger partial charge in [-0.3, -0.25) is 4.79 Å². The van der Waals surface area contributed by atoms with Crippen LogP contribution in [0.1, 0.15) is 30.1 Å². The van der Waals surface area contributed by atoms with Gasteiger partial charge in [0.2, 0.25) is 11.3 Å². The van der Waals surface area contributed by atoms with Crippen LogP contribution in [0.3, 0.4) is 0 Å². The number of allylic oxidation sites excluding steroid dienone is 1. The Morgan fingerprint density at radius 3 is 2.74 bits per heavy atom. The molecule has 0 saturated carbocycles. The number of carboxylic acid groups (broad SMARTS) is 1. The SMILES string of the molecule is CN(C)C1CN(c2ccc(-n3cc(C(=O)O)c(=O)c4c3=IC(N3CCC[C@@]3(C)COc3ncccc3Cl)=C(F)C=4)cn2)C1. The molecular formula is C30H31ClFIN6O4. The summed E-state index contributed by atoms with van der Waals surface area (Å²) < 4.78 is 24.7. The molecule has 0 amide bonds. The summed E-state index contributed by atoms with van der Waals surface area (Å²) in [6.45, 7) is 4.64. The maximum Gasteiger partial charge on any atom is 0.341 e. The van der Waals surface area contributed by atoms with Gasteiger partial charge in [0, 0.05) is 38.1 Å². The molecule has 0 aromatic carbocycles. The molecule has 6 rings (SSSR count). The summed E-state index contributed by atoms with van der Waals surface area (Å²) >= 11 is 5.00. The third-order valence-corrected chi connectivity index (χ3v) is 11.7. The lowest BCUT2D eigenvalue weighted by Gasteiger charge is -2.43. The Bertz CT molecular complexity index is 1810. The Morgan fingerprint density at radius 2 is 2.07 bits per heavy atom. The van der Waals surface area contributed by atoms with Crippen molar-refractivity contribution >= 4 is 50.2 Å². The van der Waals surface area contributed by atoms with Gasteiger partial charge in [-0.05, 0) is 84.9 Å². The van der Waals surface area contributed by atoms with E-state index in [2.05, 4.69) is 33.9 Å². The molecule has 6 heterocycles. The lowest BCUT2D eigenvalue weighted by atomic mass is 10.0. The number of hydrogen-bond acceptors (Lipinski definition) is 8. The first kappa shape index (κ1) is 29.7. The van der Waals surface area contributed by atoms with Crippen LogP contribution in [0.25, 0.3) is 11.8 Å². The average Bonchev–Trinajstić information content (AvgIpc) is 3.33. The fraction of sp³-hybridized carbons (Fsp3) is 0.367. The average molecular weight is 721 g/mol. The predicted molar refractivity (Wildman–Crippen MR) is 171 cm³/mol. The molecule has 0 aliphatic carbocycles. The number of rotatable bonds is 8. The molecule has 0 radical (unpaired) electrons. The Hall–Kier alpha value is -3.36. The Balaban J connectivity index is 1.38. The minimum Gasteiger partial charge on any atom is -0.477 e. The second kappa shape index (κ2) is 11.6. The summed E-state index contributed by atoms with van der Waals surface area (Å²) in [4.78, 5) is 40.5. The highest BCUT2D eigenvalue weighted by Crippen LogP contribution is 2.41. The largest absolute Gasteiger partial charge is 0.477 e. The first-order valence-corrected chi connectivity index (χ1v) is 16.4. The Labute approximate surface area is 262 Å². The number of halogens is 3. The van der Waals surface area contributed by atoms with Crippen LogP contribution < -0.4 is 20.3 Å². The van der Waals surface area contributed by atoms with Crippen molar-refractivity contribution in [3.8, 4) is 11.6 Å². The standard InChI is InChI=1S/C30H31ClFIN6O4/c1-30(17-43-28-22(31)6-4-10-34-28)9-5-11-39(30)27-23(32)12-20-25(40)21(29(41)42)16-38(26(20)33-27)18-7-8-24(35-13-18)37-14-19(15-37)36(2)3/h4,6-8,10,12-13,16,19H,5,9,11,14-15,17H2,1-3H3,(H,41,42)/t30-/m0/s1. The van der Waals surface area contributed by atoms with Crippen molar-refractivity contribution in [3.63, 3.8) is 0 Å². The zero-order valence-electron chi connectivity index (χ0n) is 23.9. The van der Waals surface area contributed by atoms with Crippen LogP contribution in [0, 0.1) is 3.28 Å². The monoisotopic (exact) mass is 720 g/mol. The smallest absolute Gasteiger partial charge is 0.341 e. The minimum atomic E-state index is -1.36. The topological polar surface area (TPSA) is 104 Å². The minimum absolute atomic E-state index is 0.0759. The van der Waals surface area contributed by atoms with E-state index in [1.165, 1.54) is 12.3 Å². The van der Waals surface area contributed by atoms with Crippen molar-refractivity contribution in [2.45, 2.75) is 31.3 Å². The summed E-state index contributed by atoms with van der Waals surface area (Å²) in [5.74, 6) is -0.731. The summed E-state index contributed by atoms with van der Waals surface area (Å²) in [6, 6.07) is 7.65. The molecule has 2 saturated heterocycles. The fourth-order valence-corrected chi connectivity index (χ4v) is 9.11. The highest BCUT2D eigenvalue weighted by Gasteiger charge is 2.40. The van der Waals surface area contributed by atoms with E-state index in [9.17, 15) is 14.7 Å². The van der Waals surface area contributed by atoms with Crippen molar-refractivity contribution in [3.05, 3.63) is 81.7 Å². The molecule has 43 heavy (non-hydrogen) atoms. The summed E-state index contributed by atoms with van der Waals surface area (Å²) in [5.41, 5.74) is -1.03. The highest BCUT2D eigenvalue weighted by molar-refractivity contribution is 14.2. The molecule has 0 unspecified atom stereocenters. The predicted octanol–water partition coefficient (Wildman–Crippen LogP) is 3.82. The van der Waals surface area contributed by atoms with E-state index in [4.69, 9.17) is 16.3 Å². The molecular weight excluding hydrogens is 690 g/mol. The van der Waals surface area contributed by atoms with Gasteiger partial charge in [-0.25, -0.2) is 19.2 Å². The summed E-state index contributed by atoms with van der Waals surface area (Å²) in [5, 5.41) is 10.3. The number of fused-ring (bicyclic) bond motifs is 1. The zero-order chi connectivity index (χ0) is 30.5. The van der Waals surface area contributed by atoms with Crippen molar-refractivity contribution in [1.29, 1.82) is 0 Å². The molecule has 13 heteroatoms. The maximum absolute atomic E-state index is 15.9. The number of aromatic carboxylic acids is 1. The van der Waals surface area contributed by atoms with E-state index in [0.29, 0.717) is 36.2 Å². The van der Waals surface area contributed by atoms with E-state index in [0.717, 1.165) is 31.7 Å². The molecule has 226 valence electrons. The normalized spacial score (nSPS) is 20.2. The molecule has 3 aliphatic heterocycles. The number of carboxylic acids is 1. The van der Waals surface area contributed by atoms with Gasteiger partial charge in [0.05, 0.1) is 25.9 Å². The van der Waals surface area contributed by atoms with Crippen LogP contribution in [0.2, 0.25) is 5.02 Å². The van der Waals surface area contributed by atoms with Crippen LogP contribution in [0.5, 0.6) is 5.88 Å². The molecule has 3 aliphatic rings. The molecule has 3 aromatic rings. The number of likely N-dealkylation sites (tertiary alicyclic amines) is 1. The van der Waals surface area contributed by atoms with Gasteiger partial charge < -0.3 is 29.1 Å². The second-order valence-corrected chi connectivity index (χ2v) is 14.3. The van der Waals surface area contributed by atoms with Crippen molar-refractivity contribution < 1.29 is 19.0 Å². The van der Waals surface area contributed by atoms with Gasteiger partial charge in [0.25, 0.3) is 0 Å². The van der Waals surface area contributed by atoms with Crippen LogP contribution in [0.4, 0.5) is 10.2 Å². The number of ether oxygens (including phenoxy) is 1. The first-order chi connectivity index (χ1) is 20.6. The molecule has 1 N–H and O–H groups in total. The van der Waals surface area contributed by atoms with Gasteiger partial charge in [0.15, 0.2) is 5.83 Å². The third-order valence-electron chi connectivity index (χ3n) is 8.22. The number of nitrogens with zero attached hydrogens (tertiary/aromatic N) is 6. The van der Waals surface area contributed by atoms with Gasteiger partial charge in [-0.2, -0.15) is 0 Å². The number of likely N-dealkylation sites (N-methyl/N-ethyl adjacent to an activating group) is 1. The lowest BCUT2D eigenvalue weighted by molar-refractivity contribution is 0.0694. The van der Waals surface area contributed by atoms with E-state index in [1.807, 2.05) is 24.0 Å². The highest BCUT2D eigenvalue weighted by atomic mass is 127. The Morgan fingerprint density at radius 1 is 1.28 bits per heavy atom. The van der Waals surface area contributed by atoms with E-state index in [1.54, 1.807) is 29.1 Å². The Kier molecular flexibility index (Phi) is 8.03. The van der Waals surface area contributed by atoms with Crippen LogP contribution in [-0.2, 0) is 0 Å². The van der Waals surface area contributed by atoms with E-state index < -0.39 is 49.1 Å². The molecule has 10 nitrogen and oxygen atoms in total. The molecule has 0 bridgehead atoms. The van der Waals surface area contributed by atoms with E-state index in [-0.39, 0.29) is 11.8 Å². The van der Waals surface area contributed by atoms with Crippen molar-refractivity contribution in [1.82, 2.24) is 24.3 Å². The second-order valence-electron chi connectivity index (χ2n) is 11.4. The lowest BCUT2D eigenvalue weighted by Crippen LogP contribution is -2.57. The molecule has 2 fully saturated rings. The summed E-state index contributed by atoms with van der Waals surface area (Å²) in [7, 11) is 4.11. The number of pyridine rings is 3. The number of aromatic nitrogens is 3. The fourth-order valence-electron chi connectivity index (χ4n) is 5.56. The summed E-state index contributed by atoms with van der Waals surface area (Å²) in [6.07, 6.45) is 7.42. The van der Waals surface area contributed by atoms with Crippen molar-refractivity contribution in [2.75, 3.05) is 45.2 Å². The quantitative estimate of drug-likeness (QED) is 0.275. The van der Waals surface area contributed by atoms with Crippen molar-refractivity contribution in [2.24, 2.45) is 0 Å². The third kappa shape index (κ3) is 5.55.